The molecule has 2 rings (SSSR count). The van der Waals surface area contributed by atoms with Crippen molar-refractivity contribution in [1.82, 2.24) is 9.78 Å². The van der Waals surface area contributed by atoms with Crippen molar-refractivity contribution in [1.29, 1.82) is 0 Å². The molecular weight excluding hydrogens is 148 g/mol. The highest BCUT2D eigenvalue weighted by Gasteiger charge is 2.10. The van der Waals surface area contributed by atoms with Crippen LogP contribution in [0.5, 0.6) is 0 Å². The van der Waals surface area contributed by atoms with Crippen LogP contribution in [0.25, 0.3) is 6.08 Å². The molecule has 0 unspecified atom stereocenters. The van der Waals surface area contributed by atoms with Gasteiger partial charge >= 0.3 is 0 Å². The monoisotopic (exact) mass is 162 g/mol. The van der Waals surface area contributed by atoms with Gasteiger partial charge in [0.1, 0.15) is 0 Å². The number of aryl methyl sites for hydroxylation is 1. The second kappa shape index (κ2) is 2.77. The van der Waals surface area contributed by atoms with Crippen molar-refractivity contribution in [3.8, 4) is 0 Å². The van der Waals surface area contributed by atoms with Crippen LogP contribution in [-0.4, -0.2) is 9.78 Å². The van der Waals surface area contributed by atoms with Gasteiger partial charge in [0, 0.05) is 17.8 Å². The van der Waals surface area contributed by atoms with E-state index < -0.39 is 0 Å². The smallest absolute Gasteiger partial charge is 0.0700 e. The Morgan fingerprint density at radius 2 is 2.33 bits per heavy atom. The van der Waals surface area contributed by atoms with E-state index in [2.05, 4.69) is 37.3 Å². The van der Waals surface area contributed by atoms with Crippen LogP contribution in [0.4, 0.5) is 0 Å². The maximum absolute atomic E-state index is 4.52. The predicted molar refractivity (Wildman–Crippen MR) is 50.0 cm³/mol. The van der Waals surface area contributed by atoms with E-state index >= 15 is 0 Å². The maximum Gasteiger partial charge on any atom is 0.0700 e. The van der Waals surface area contributed by atoms with Gasteiger partial charge in [-0.2, -0.15) is 5.10 Å². The lowest BCUT2D eigenvalue weighted by Gasteiger charge is -2.03. The van der Waals surface area contributed by atoms with Gasteiger partial charge in [-0.25, -0.2) is 0 Å². The maximum atomic E-state index is 4.52. The molecule has 0 radical (unpaired) electrons. The highest BCUT2D eigenvalue weighted by Crippen LogP contribution is 2.18. The molecule has 64 valence electrons. The summed E-state index contributed by atoms with van der Waals surface area (Å²) in [6.45, 7) is 4.31. The molecule has 1 aliphatic rings. The molecule has 1 aromatic heterocycles. The summed E-state index contributed by atoms with van der Waals surface area (Å²) in [5.41, 5.74) is 2.56. The Balaban J connectivity index is 2.39. The first-order valence-corrected chi connectivity index (χ1v) is 4.52. The van der Waals surface area contributed by atoms with Crippen LogP contribution in [0, 0.1) is 0 Å². The highest BCUT2D eigenvalue weighted by molar-refractivity contribution is 5.53. The summed E-state index contributed by atoms with van der Waals surface area (Å²) in [7, 11) is 0. The van der Waals surface area contributed by atoms with Crippen LogP contribution >= 0.6 is 0 Å². The molecule has 2 heteroatoms. The number of fused-ring (bicyclic) bond motifs is 1. The number of allylic oxidation sites excluding steroid dienone is 1. The minimum Gasteiger partial charge on any atom is -0.269 e. The molecule has 0 amide bonds. The largest absolute Gasteiger partial charge is 0.269 e. The topological polar surface area (TPSA) is 17.8 Å². The lowest BCUT2D eigenvalue weighted by Crippen LogP contribution is -2.01. The highest BCUT2D eigenvalue weighted by atomic mass is 15.3. The molecule has 0 spiro atoms. The second-order valence-electron chi connectivity index (χ2n) is 3.55. The molecule has 0 N–H and O–H groups in total. The first-order valence-electron chi connectivity index (χ1n) is 4.52. The summed E-state index contributed by atoms with van der Waals surface area (Å²) in [5.74, 6) is 0. The van der Waals surface area contributed by atoms with Gasteiger partial charge in [-0.1, -0.05) is 12.2 Å². The van der Waals surface area contributed by atoms with Gasteiger partial charge in [0.05, 0.1) is 5.69 Å². The summed E-state index contributed by atoms with van der Waals surface area (Å²) in [5, 5.41) is 4.52. The van der Waals surface area contributed by atoms with E-state index in [1.54, 1.807) is 0 Å². The Kier molecular flexibility index (Phi) is 1.75. The van der Waals surface area contributed by atoms with E-state index in [0.717, 1.165) is 12.8 Å². The van der Waals surface area contributed by atoms with E-state index in [4.69, 9.17) is 0 Å². The second-order valence-corrected chi connectivity index (χ2v) is 3.55. The molecule has 1 heterocycles. The van der Waals surface area contributed by atoms with Crippen molar-refractivity contribution >= 4 is 6.08 Å². The van der Waals surface area contributed by atoms with E-state index in [9.17, 15) is 0 Å². The van der Waals surface area contributed by atoms with Gasteiger partial charge in [-0.15, -0.1) is 0 Å². The molecule has 0 fully saturated rings. The number of hydrogen-bond donors (Lipinski definition) is 0. The first kappa shape index (κ1) is 7.59. The summed E-state index contributed by atoms with van der Waals surface area (Å²) in [4.78, 5) is 0. The summed E-state index contributed by atoms with van der Waals surface area (Å²) < 4.78 is 2.04. The van der Waals surface area contributed by atoms with Gasteiger partial charge in [0.2, 0.25) is 0 Å². The van der Waals surface area contributed by atoms with Crippen LogP contribution in [0.1, 0.15) is 37.6 Å². The van der Waals surface area contributed by atoms with Crippen LogP contribution < -0.4 is 0 Å². The Labute approximate surface area is 72.9 Å². The van der Waals surface area contributed by atoms with Crippen LogP contribution in [0.15, 0.2) is 12.3 Å². The molecule has 0 bridgehead atoms. The average Bonchev–Trinajstić information content (AvgIpc) is 2.46. The summed E-state index contributed by atoms with van der Waals surface area (Å²) in [6.07, 6.45) is 8.77. The molecule has 0 aromatic carbocycles. The standard InChI is InChI=1S/C10H14N2/c1-8(2)12-7-9-5-3-4-6-10(9)11-12/h3,5,7-8H,4,6H2,1-2H3. The Bertz CT molecular complexity index is 308. The van der Waals surface area contributed by atoms with Crippen molar-refractivity contribution in [3.05, 3.63) is 23.5 Å². The molecule has 0 saturated carbocycles. The van der Waals surface area contributed by atoms with E-state index in [1.165, 1.54) is 11.3 Å². The molecule has 2 nitrogen and oxygen atoms in total. The fraction of sp³-hybridized carbons (Fsp3) is 0.500. The minimum absolute atomic E-state index is 0.476. The van der Waals surface area contributed by atoms with Crippen LogP contribution in [0.2, 0.25) is 0 Å². The molecule has 0 atom stereocenters. The van der Waals surface area contributed by atoms with Gasteiger partial charge in [0.25, 0.3) is 0 Å². The number of hydrogen-bond acceptors (Lipinski definition) is 1. The SMILES string of the molecule is CC(C)n1cc2c(n1)CCC=C2. The number of rotatable bonds is 1. The predicted octanol–water partition coefficient (Wildman–Crippen LogP) is 2.42. The fourth-order valence-corrected chi connectivity index (χ4v) is 1.47. The van der Waals surface area contributed by atoms with Crippen molar-refractivity contribution in [3.63, 3.8) is 0 Å². The van der Waals surface area contributed by atoms with E-state index in [1.807, 2.05) is 4.68 Å². The Hall–Kier alpha value is -1.05. The Morgan fingerprint density at radius 3 is 3.00 bits per heavy atom. The zero-order chi connectivity index (χ0) is 8.55. The zero-order valence-electron chi connectivity index (χ0n) is 7.62. The van der Waals surface area contributed by atoms with Crippen LogP contribution in [-0.2, 0) is 6.42 Å². The molecule has 0 saturated heterocycles. The fourth-order valence-electron chi connectivity index (χ4n) is 1.47. The normalized spacial score (nSPS) is 15.2. The quantitative estimate of drug-likeness (QED) is 0.620. The molecule has 0 aliphatic heterocycles. The Morgan fingerprint density at radius 1 is 1.50 bits per heavy atom. The lowest BCUT2D eigenvalue weighted by atomic mass is 10.1. The number of nitrogens with zero attached hydrogens (tertiary/aromatic N) is 2. The van der Waals surface area contributed by atoms with E-state index in [0.29, 0.717) is 6.04 Å². The molecular formula is C10H14N2. The van der Waals surface area contributed by atoms with Gasteiger partial charge < -0.3 is 0 Å². The molecule has 1 aromatic rings. The summed E-state index contributed by atoms with van der Waals surface area (Å²) in [6, 6.07) is 0.476. The zero-order valence-corrected chi connectivity index (χ0v) is 7.62. The number of aromatic nitrogens is 2. The third kappa shape index (κ3) is 1.17. The molecule has 1 aliphatic carbocycles. The summed E-state index contributed by atoms with van der Waals surface area (Å²) >= 11 is 0. The first-order chi connectivity index (χ1) is 5.77. The average molecular weight is 162 g/mol. The van der Waals surface area contributed by atoms with Gasteiger partial charge in [-0.05, 0) is 26.7 Å². The van der Waals surface area contributed by atoms with E-state index in [-0.39, 0.29) is 0 Å². The van der Waals surface area contributed by atoms with Crippen molar-refractivity contribution < 1.29 is 0 Å². The third-order valence-corrected chi connectivity index (χ3v) is 2.22. The van der Waals surface area contributed by atoms with Crippen LogP contribution in [0.3, 0.4) is 0 Å². The van der Waals surface area contributed by atoms with Crippen molar-refractivity contribution in [2.45, 2.75) is 32.7 Å². The van der Waals surface area contributed by atoms with Gasteiger partial charge in [-0.3, -0.25) is 4.68 Å². The lowest BCUT2D eigenvalue weighted by molar-refractivity contribution is 0.526. The third-order valence-electron chi connectivity index (χ3n) is 2.22. The van der Waals surface area contributed by atoms with Gasteiger partial charge in [0.15, 0.2) is 0 Å². The minimum atomic E-state index is 0.476. The molecule has 12 heavy (non-hydrogen) atoms. The van der Waals surface area contributed by atoms with Crippen molar-refractivity contribution in [2.24, 2.45) is 0 Å². The van der Waals surface area contributed by atoms with Crippen molar-refractivity contribution in [2.75, 3.05) is 0 Å².